The Kier molecular flexibility index (Phi) is 9.21. The Bertz CT molecular complexity index is 1060. The van der Waals surface area contributed by atoms with Gasteiger partial charge < -0.3 is 19.7 Å². The van der Waals surface area contributed by atoms with Crippen LogP contribution in [-0.2, 0) is 11.3 Å². The second-order valence-electron chi connectivity index (χ2n) is 9.78. The molecule has 0 unspecified atom stereocenters. The number of carbonyl (C=O) groups is 2. The van der Waals surface area contributed by atoms with Gasteiger partial charge in [0.1, 0.15) is 11.4 Å². The molecule has 3 rings (SSSR count). The van der Waals surface area contributed by atoms with Crippen LogP contribution in [0, 0.1) is 12.7 Å². The zero-order chi connectivity index (χ0) is 25.8. The van der Waals surface area contributed by atoms with Crippen molar-refractivity contribution in [3.8, 4) is 5.06 Å². The molecule has 2 amide bonds. The molecule has 0 saturated carbocycles. The van der Waals surface area contributed by atoms with Gasteiger partial charge in [-0.1, -0.05) is 30.4 Å². The van der Waals surface area contributed by atoms with Crippen LogP contribution in [-0.4, -0.2) is 42.2 Å². The molecule has 0 aliphatic carbocycles. The number of hydrogen-bond donors (Lipinski definition) is 1. The van der Waals surface area contributed by atoms with Crippen molar-refractivity contribution in [2.24, 2.45) is 0 Å². The molecule has 35 heavy (non-hydrogen) atoms. The first-order chi connectivity index (χ1) is 16.5. The minimum Gasteiger partial charge on any atom is -0.483 e. The average molecular weight is 570 g/mol. The predicted octanol–water partition coefficient (Wildman–Crippen LogP) is 6.79. The fraction of sp³-hybridized carbons (Fsp3) is 0.538. The van der Waals surface area contributed by atoms with E-state index in [9.17, 15) is 14.0 Å². The van der Waals surface area contributed by atoms with E-state index in [1.807, 2.05) is 24.8 Å². The van der Waals surface area contributed by atoms with Crippen molar-refractivity contribution >= 4 is 39.3 Å². The first-order valence-corrected chi connectivity index (χ1v) is 13.6. The van der Waals surface area contributed by atoms with E-state index in [0.717, 1.165) is 27.1 Å². The van der Waals surface area contributed by atoms with Crippen molar-refractivity contribution < 1.29 is 23.5 Å². The van der Waals surface area contributed by atoms with E-state index in [4.69, 9.17) is 9.47 Å². The first kappa shape index (κ1) is 27.5. The highest BCUT2D eigenvalue weighted by Crippen LogP contribution is 2.41. The van der Waals surface area contributed by atoms with E-state index in [0.29, 0.717) is 43.0 Å². The number of benzene rings is 1. The van der Waals surface area contributed by atoms with Crippen LogP contribution in [0.1, 0.15) is 79.2 Å². The van der Waals surface area contributed by atoms with Gasteiger partial charge in [-0.05, 0) is 91.6 Å². The van der Waals surface area contributed by atoms with Gasteiger partial charge in [0.15, 0.2) is 5.06 Å². The number of rotatable bonds is 7. The first-order valence-electron chi connectivity index (χ1n) is 12.0. The van der Waals surface area contributed by atoms with Gasteiger partial charge >= 0.3 is 6.09 Å². The molecule has 0 radical (unpaired) electrons. The standard InChI is InChI=1S/C26H34BrFN2O4S/c1-6-13-33-24-21(27)16(2)22(35-24)23(31)30-11-9-18(10-12-30)19-14-17(7-8-20(19)28)15-29-25(32)34-26(3,4)5/h7-8,14,18H,6,9-13,15H2,1-5H3,(H,29,32). The Balaban J connectivity index is 1.62. The van der Waals surface area contributed by atoms with Crippen LogP contribution in [0.15, 0.2) is 22.7 Å². The molecule has 2 heterocycles. The number of ether oxygens (including phenoxy) is 2. The molecule has 1 N–H and O–H groups in total. The molecule has 0 atom stereocenters. The summed E-state index contributed by atoms with van der Waals surface area (Å²) in [6.45, 7) is 11.4. The summed E-state index contributed by atoms with van der Waals surface area (Å²) in [6.07, 6.45) is 1.75. The number of thiophene rings is 1. The number of halogens is 2. The third-order valence-electron chi connectivity index (χ3n) is 5.79. The number of alkyl carbamates (subject to hydrolysis) is 1. The molecule has 2 aromatic rings. The number of nitrogens with one attached hydrogen (secondary N) is 1. The number of piperidine rings is 1. The molecule has 1 aromatic carbocycles. The molecule has 1 aliphatic heterocycles. The van der Waals surface area contributed by atoms with Crippen LogP contribution in [0.4, 0.5) is 9.18 Å². The SMILES string of the molecule is CCCOc1sc(C(=O)N2CCC(c3cc(CNC(=O)OC(C)(C)C)ccc3F)CC2)c(C)c1Br. The predicted molar refractivity (Wildman–Crippen MR) is 140 cm³/mol. The van der Waals surface area contributed by atoms with Gasteiger partial charge in [-0.3, -0.25) is 4.79 Å². The molecule has 0 bridgehead atoms. The monoisotopic (exact) mass is 568 g/mol. The Morgan fingerprint density at radius 1 is 1.26 bits per heavy atom. The highest BCUT2D eigenvalue weighted by molar-refractivity contribution is 9.10. The fourth-order valence-corrected chi connectivity index (χ4v) is 5.73. The van der Waals surface area contributed by atoms with E-state index in [1.54, 1.807) is 26.8 Å². The minimum absolute atomic E-state index is 0.00576. The highest BCUT2D eigenvalue weighted by Gasteiger charge is 2.29. The van der Waals surface area contributed by atoms with E-state index >= 15 is 0 Å². The number of nitrogens with zero attached hydrogens (tertiary/aromatic N) is 1. The molecular formula is C26H34BrFN2O4S. The topological polar surface area (TPSA) is 67.9 Å². The van der Waals surface area contributed by atoms with Gasteiger partial charge in [-0.2, -0.15) is 0 Å². The number of carbonyl (C=O) groups excluding carboxylic acids is 2. The Hall–Kier alpha value is -2.13. The lowest BCUT2D eigenvalue weighted by atomic mass is 9.88. The van der Waals surface area contributed by atoms with Gasteiger partial charge in [-0.25, -0.2) is 9.18 Å². The second-order valence-corrected chi connectivity index (χ2v) is 11.6. The summed E-state index contributed by atoms with van der Waals surface area (Å²) in [4.78, 5) is 27.7. The van der Waals surface area contributed by atoms with E-state index in [-0.39, 0.29) is 24.2 Å². The van der Waals surface area contributed by atoms with Crippen molar-refractivity contribution in [2.45, 2.75) is 71.9 Å². The average Bonchev–Trinajstić information content (AvgIpc) is 3.09. The van der Waals surface area contributed by atoms with E-state index < -0.39 is 11.7 Å². The van der Waals surface area contributed by atoms with Crippen molar-refractivity contribution in [3.63, 3.8) is 0 Å². The van der Waals surface area contributed by atoms with Crippen LogP contribution >= 0.6 is 27.3 Å². The smallest absolute Gasteiger partial charge is 0.407 e. The zero-order valence-corrected chi connectivity index (χ0v) is 23.4. The highest BCUT2D eigenvalue weighted by atomic mass is 79.9. The number of amides is 2. The molecule has 0 spiro atoms. The molecule has 1 aromatic heterocycles. The summed E-state index contributed by atoms with van der Waals surface area (Å²) >= 11 is 4.93. The third kappa shape index (κ3) is 7.19. The molecule has 1 aliphatic rings. The summed E-state index contributed by atoms with van der Waals surface area (Å²) in [5.41, 5.74) is 1.76. The van der Waals surface area contributed by atoms with Crippen LogP contribution in [0.5, 0.6) is 5.06 Å². The van der Waals surface area contributed by atoms with E-state index in [1.165, 1.54) is 17.4 Å². The van der Waals surface area contributed by atoms with Crippen molar-refractivity contribution in [3.05, 3.63) is 50.1 Å². The number of hydrogen-bond acceptors (Lipinski definition) is 5. The fourth-order valence-electron chi connectivity index (χ4n) is 4.00. The van der Waals surface area contributed by atoms with Gasteiger partial charge in [0.05, 0.1) is 16.0 Å². The van der Waals surface area contributed by atoms with Crippen molar-refractivity contribution in [2.75, 3.05) is 19.7 Å². The largest absolute Gasteiger partial charge is 0.483 e. The van der Waals surface area contributed by atoms with Gasteiger partial charge in [0.2, 0.25) is 0 Å². The van der Waals surface area contributed by atoms with Crippen LogP contribution in [0.2, 0.25) is 0 Å². The maximum atomic E-state index is 14.7. The summed E-state index contributed by atoms with van der Waals surface area (Å²) in [5.74, 6) is -0.250. The third-order valence-corrected chi connectivity index (χ3v) is 8.20. The number of likely N-dealkylation sites (tertiary alicyclic amines) is 1. The van der Waals surface area contributed by atoms with E-state index in [2.05, 4.69) is 21.2 Å². The Morgan fingerprint density at radius 3 is 2.57 bits per heavy atom. The van der Waals surface area contributed by atoms with Gasteiger partial charge in [0, 0.05) is 19.6 Å². The Morgan fingerprint density at radius 2 is 1.94 bits per heavy atom. The maximum absolute atomic E-state index is 14.7. The summed E-state index contributed by atoms with van der Waals surface area (Å²) < 4.78 is 26.6. The second kappa shape index (κ2) is 11.7. The lowest BCUT2D eigenvalue weighted by Gasteiger charge is -2.32. The normalized spacial score (nSPS) is 14.7. The van der Waals surface area contributed by atoms with Crippen LogP contribution < -0.4 is 10.1 Å². The Labute approximate surface area is 219 Å². The summed E-state index contributed by atoms with van der Waals surface area (Å²) in [6, 6.07) is 4.93. The van der Waals surface area contributed by atoms with Gasteiger partial charge in [0.25, 0.3) is 5.91 Å². The molecule has 6 nitrogen and oxygen atoms in total. The lowest BCUT2D eigenvalue weighted by molar-refractivity contribution is 0.0523. The lowest BCUT2D eigenvalue weighted by Crippen LogP contribution is -2.38. The van der Waals surface area contributed by atoms with Gasteiger partial charge in [-0.15, -0.1) is 0 Å². The maximum Gasteiger partial charge on any atom is 0.407 e. The molecule has 1 fully saturated rings. The zero-order valence-electron chi connectivity index (χ0n) is 21.0. The molecule has 192 valence electrons. The minimum atomic E-state index is -0.578. The molecular weight excluding hydrogens is 535 g/mol. The van der Waals surface area contributed by atoms with Crippen LogP contribution in [0.25, 0.3) is 0 Å². The van der Waals surface area contributed by atoms with Crippen molar-refractivity contribution in [1.29, 1.82) is 0 Å². The molecule has 9 heteroatoms. The quantitative estimate of drug-likeness (QED) is 0.399. The molecule has 1 saturated heterocycles. The van der Waals surface area contributed by atoms with Crippen LogP contribution in [0.3, 0.4) is 0 Å². The van der Waals surface area contributed by atoms with Crippen molar-refractivity contribution in [1.82, 2.24) is 10.2 Å². The summed E-state index contributed by atoms with van der Waals surface area (Å²) in [7, 11) is 0. The summed E-state index contributed by atoms with van der Waals surface area (Å²) in [5, 5.41) is 3.46.